The molecule has 96 heavy (non-hydrogen) atoms. The van der Waals surface area contributed by atoms with Crippen LogP contribution in [0.4, 0.5) is 0 Å². The number of rotatable bonds is 8. The van der Waals surface area contributed by atoms with E-state index >= 15 is 0 Å². The van der Waals surface area contributed by atoms with E-state index in [2.05, 4.69) is 240 Å². The predicted molar refractivity (Wildman–Crippen MR) is 393 cm³/mol. The number of pyridine rings is 2. The lowest BCUT2D eigenvalue weighted by Gasteiger charge is -2.12. The lowest BCUT2D eigenvalue weighted by Crippen LogP contribution is -2.00. The van der Waals surface area contributed by atoms with Crippen LogP contribution in [0.25, 0.3) is 188 Å². The number of hydrogen-bond donors (Lipinski definition) is 0. The normalized spacial score (nSPS) is 11.8. The molecule has 0 amide bonds. The predicted octanol–water partition coefficient (Wildman–Crippen LogP) is 22.6. The molecule has 13 aromatic carbocycles. The van der Waals surface area contributed by atoms with Crippen LogP contribution in [0.1, 0.15) is 0 Å². The second-order valence-corrected chi connectivity index (χ2v) is 24.2. The zero-order valence-electron chi connectivity index (χ0n) is 51.5. The molecular formula is C87H53N7O2. The Kier molecular flexibility index (Phi) is 12.7. The number of hydrogen-bond acceptors (Lipinski definition) is 7. The Bertz CT molecular complexity index is 5910. The molecule has 0 atom stereocenters. The molecule has 20 aromatic rings. The van der Waals surface area contributed by atoms with E-state index in [-0.39, 0.29) is 0 Å². The van der Waals surface area contributed by atoms with Crippen molar-refractivity contribution in [1.29, 1.82) is 0 Å². The molecule has 7 aromatic heterocycles. The van der Waals surface area contributed by atoms with Gasteiger partial charge >= 0.3 is 0 Å². The Hall–Kier alpha value is -13.1. The van der Waals surface area contributed by atoms with Crippen molar-refractivity contribution < 1.29 is 8.83 Å². The van der Waals surface area contributed by atoms with Crippen LogP contribution in [0.2, 0.25) is 0 Å². The zero-order chi connectivity index (χ0) is 63.2. The second-order valence-electron chi connectivity index (χ2n) is 24.2. The Morgan fingerprint density at radius 2 is 0.615 bits per heavy atom. The molecule has 0 bridgehead atoms. The summed E-state index contributed by atoms with van der Waals surface area (Å²) >= 11 is 0. The number of benzene rings is 13. The van der Waals surface area contributed by atoms with Gasteiger partial charge in [0.2, 0.25) is 0 Å². The van der Waals surface area contributed by atoms with Gasteiger partial charge in [-0.1, -0.05) is 243 Å². The van der Waals surface area contributed by atoms with Crippen LogP contribution in [-0.4, -0.2) is 34.1 Å². The molecule has 0 saturated carbocycles. The largest absolute Gasteiger partial charge is 0.455 e. The monoisotopic (exact) mass is 1230 g/mol. The number of aromatic nitrogens is 7. The van der Waals surface area contributed by atoms with E-state index in [1.807, 2.05) is 91.1 Å². The highest BCUT2D eigenvalue weighted by atomic mass is 16.3. The summed E-state index contributed by atoms with van der Waals surface area (Å²) in [7, 11) is 0. The third kappa shape index (κ3) is 8.90. The molecule has 0 N–H and O–H groups in total. The number of para-hydroxylation sites is 4. The van der Waals surface area contributed by atoms with E-state index in [1.165, 1.54) is 21.5 Å². The molecule has 0 unspecified atom stereocenters. The first-order chi connectivity index (χ1) is 47.6. The quantitative estimate of drug-likeness (QED) is 0.149. The van der Waals surface area contributed by atoms with Crippen LogP contribution in [0.3, 0.4) is 0 Å². The van der Waals surface area contributed by atoms with E-state index in [9.17, 15) is 0 Å². The third-order valence-electron chi connectivity index (χ3n) is 18.7. The van der Waals surface area contributed by atoms with Gasteiger partial charge in [0.25, 0.3) is 0 Å². The minimum absolute atomic E-state index is 0.630. The van der Waals surface area contributed by atoms with Crippen LogP contribution in [-0.2, 0) is 0 Å². The minimum Gasteiger partial charge on any atom is -0.455 e. The first-order valence-electron chi connectivity index (χ1n) is 32.2. The molecule has 20 rings (SSSR count). The van der Waals surface area contributed by atoms with Gasteiger partial charge in [0.15, 0.2) is 17.5 Å². The highest BCUT2D eigenvalue weighted by molar-refractivity contribution is 6.36. The Balaban J connectivity index is 0.000000135. The van der Waals surface area contributed by atoms with Gasteiger partial charge in [-0.15, -0.1) is 0 Å². The number of furan rings is 2. The molecule has 0 saturated heterocycles. The van der Waals surface area contributed by atoms with Crippen molar-refractivity contribution in [1.82, 2.24) is 34.1 Å². The summed E-state index contributed by atoms with van der Waals surface area (Å²) in [4.78, 5) is 25.0. The lowest BCUT2D eigenvalue weighted by molar-refractivity contribution is 0.672. The summed E-state index contributed by atoms with van der Waals surface area (Å²) in [6.45, 7) is 0. The standard InChI is InChI=1S/C44H27N3O.C43H26N4O/c1-3-13-28(14-4-1)36-25-31(26-37(46-36)29-15-5-2-6-16-29)30-23-24-40(45-27-30)47-38-21-11-9-19-34(38)42-43(47)33-18-8-7-17-32(33)41-35-20-10-12-22-39(35)48-44(41)42;1-3-13-27(14-4-1)41-44-42(28-15-5-2-6-16-28)46-43(45-41)29-23-25-30(26-24-29)47-35-21-11-9-19-33(35)38-39(47)32-18-8-7-17-31(32)37-34-20-10-12-22-36(34)48-40(37)38/h1-27H;1-26H. The molecular weight excluding hydrogens is 1180 g/mol. The maximum atomic E-state index is 6.67. The van der Waals surface area contributed by atoms with Crippen LogP contribution >= 0.6 is 0 Å². The average molecular weight is 1230 g/mol. The summed E-state index contributed by atoms with van der Waals surface area (Å²) in [6.07, 6.45) is 1.98. The maximum Gasteiger partial charge on any atom is 0.164 e. The van der Waals surface area contributed by atoms with Crippen LogP contribution in [0, 0.1) is 0 Å². The van der Waals surface area contributed by atoms with Gasteiger partial charge in [-0.2, -0.15) is 0 Å². The van der Waals surface area contributed by atoms with E-state index in [4.69, 9.17) is 33.8 Å². The molecule has 0 fully saturated rings. The number of nitrogens with zero attached hydrogens (tertiary/aromatic N) is 7. The fraction of sp³-hybridized carbons (Fsp3) is 0. The smallest absolute Gasteiger partial charge is 0.164 e. The SMILES string of the molecule is c1ccc(-c2cc(-c3ccc(-n4c5ccccc5c5c6oc7ccccc7c6c6ccccc6c54)nc3)cc(-c3ccccc3)n2)cc1.c1ccc(-c2nc(-c3ccccc3)nc(-c3ccc(-n4c5ccccc5c5c6oc7ccccc7c6c6ccccc6c54)cc3)n2)cc1. The Morgan fingerprint density at radius 1 is 0.250 bits per heavy atom. The fourth-order valence-electron chi connectivity index (χ4n) is 14.3. The molecule has 9 nitrogen and oxygen atoms in total. The zero-order valence-corrected chi connectivity index (χ0v) is 51.5. The molecule has 0 aliphatic heterocycles. The first-order valence-corrected chi connectivity index (χ1v) is 32.2. The number of fused-ring (bicyclic) bond motifs is 20. The molecule has 0 radical (unpaired) electrons. The summed E-state index contributed by atoms with van der Waals surface area (Å²) in [5.41, 5.74) is 18.0. The van der Waals surface area contributed by atoms with Crippen molar-refractivity contribution in [3.8, 4) is 79.3 Å². The van der Waals surface area contributed by atoms with E-state index in [0.717, 1.165) is 149 Å². The van der Waals surface area contributed by atoms with Crippen molar-refractivity contribution in [2.45, 2.75) is 0 Å². The van der Waals surface area contributed by atoms with E-state index in [1.54, 1.807) is 0 Å². The van der Waals surface area contributed by atoms with Crippen LogP contribution in [0.5, 0.6) is 0 Å². The van der Waals surface area contributed by atoms with Crippen LogP contribution < -0.4 is 0 Å². The van der Waals surface area contributed by atoms with Gasteiger partial charge in [0.1, 0.15) is 28.1 Å². The van der Waals surface area contributed by atoms with Gasteiger partial charge < -0.3 is 13.4 Å². The van der Waals surface area contributed by atoms with E-state index in [0.29, 0.717) is 17.5 Å². The van der Waals surface area contributed by atoms with Gasteiger partial charge in [-0.3, -0.25) is 4.57 Å². The van der Waals surface area contributed by atoms with Crippen molar-refractivity contribution in [3.63, 3.8) is 0 Å². The summed E-state index contributed by atoms with van der Waals surface area (Å²) in [6, 6.07) is 109. The molecule has 0 aliphatic rings. The highest BCUT2D eigenvalue weighted by Gasteiger charge is 2.26. The highest BCUT2D eigenvalue weighted by Crippen LogP contribution is 2.48. The summed E-state index contributed by atoms with van der Waals surface area (Å²) in [5.74, 6) is 2.77. The van der Waals surface area contributed by atoms with Gasteiger partial charge in [0, 0.05) is 88.4 Å². The van der Waals surface area contributed by atoms with Gasteiger partial charge in [0.05, 0.1) is 44.2 Å². The molecule has 0 spiro atoms. The first kappa shape index (κ1) is 54.6. The summed E-state index contributed by atoms with van der Waals surface area (Å²) in [5, 5.41) is 13.8. The molecule has 7 heterocycles. The van der Waals surface area contributed by atoms with Crippen molar-refractivity contribution in [2.24, 2.45) is 0 Å². The van der Waals surface area contributed by atoms with Crippen molar-refractivity contribution in [3.05, 3.63) is 322 Å². The van der Waals surface area contributed by atoms with Crippen molar-refractivity contribution in [2.75, 3.05) is 0 Å². The summed E-state index contributed by atoms with van der Waals surface area (Å²) < 4.78 is 18.0. The molecule has 0 aliphatic carbocycles. The topological polar surface area (TPSA) is 101 Å². The average Bonchev–Trinajstić information content (AvgIpc) is 1.54. The Labute approximate surface area is 549 Å². The minimum atomic E-state index is 0.630. The van der Waals surface area contributed by atoms with Gasteiger partial charge in [-0.25, -0.2) is 24.9 Å². The molecule has 448 valence electrons. The maximum absolute atomic E-state index is 6.67. The van der Waals surface area contributed by atoms with Crippen molar-refractivity contribution >= 4 is 109 Å². The molecule has 9 heteroatoms. The third-order valence-corrected chi connectivity index (χ3v) is 18.7. The fourth-order valence-corrected chi connectivity index (χ4v) is 14.3. The van der Waals surface area contributed by atoms with E-state index < -0.39 is 0 Å². The van der Waals surface area contributed by atoms with Gasteiger partial charge in [-0.05, 0) is 89.1 Å². The lowest BCUT2D eigenvalue weighted by atomic mass is 9.99. The Morgan fingerprint density at radius 3 is 1.07 bits per heavy atom. The second kappa shape index (κ2) is 22.3. The van der Waals surface area contributed by atoms with Crippen LogP contribution in [0.15, 0.2) is 330 Å².